The monoisotopic (exact) mass is 412 g/mol. The number of ether oxygens (including phenoxy) is 4. The van der Waals surface area contributed by atoms with Crippen molar-refractivity contribution in [3.63, 3.8) is 0 Å². The Labute approximate surface area is 176 Å². The number of nitrogens with one attached hydrogen (secondary N) is 1. The van der Waals surface area contributed by atoms with E-state index in [1.54, 1.807) is 7.11 Å². The molecule has 30 heavy (non-hydrogen) atoms. The molecule has 1 aromatic heterocycles. The number of nitrogens with zero attached hydrogens (tertiary/aromatic N) is 2. The fourth-order valence-electron chi connectivity index (χ4n) is 3.04. The first-order valence-electron chi connectivity index (χ1n) is 9.99. The van der Waals surface area contributed by atoms with Crippen LogP contribution in [-0.2, 0) is 0 Å². The van der Waals surface area contributed by atoms with E-state index < -0.39 is 6.04 Å². The summed E-state index contributed by atoms with van der Waals surface area (Å²) < 4.78 is 22.3. The van der Waals surface area contributed by atoms with E-state index in [0.717, 1.165) is 11.1 Å². The number of hydrogen-bond donors (Lipinski definition) is 2. The number of methoxy groups -OCH3 is 1. The van der Waals surface area contributed by atoms with Gasteiger partial charge in [0.25, 0.3) is 0 Å². The predicted octanol–water partition coefficient (Wildman–Crippen LogP) is 3.72. The van der Waals surface area contributed by atoms with E-state index in [-0.39, 0.29) is 0 Å². The zero-order valence-corrected chi connectivity index (χ0v) is 17.8. The molecule has 3 rings (SSSR count). The van der Waals surface area contributed by atoms with Gasteiger partial charge in [0.15, 0.2) is 28.8 Å². The van der Waals surface area contributed by atoms with E-state index in [1.807, 2.05) is 57.2 Å². The van der Waals surface area contributed by atoms with Crippen LogP contribution in [0.15, 0.2) is 36.4 Å². The van der Waals surface area contributed by atoms with Gasteiger partial charge < -0.3 is 24.7 Å². The van der Waals surface area contributed by atoms with E-state index in [4.69, 9.17) is 24.7 Å². The van der Waals surface area contributed by atoms with Crippen molar-refractivity contribution in [1.29, 1.82) is 0 Å². The lowest BCUT2D eigenvalue weighted by molar-refractivity contribution is 0.288. The lowest BCUT2D eigenvalue weighted by Crippen LogP contribution is -2.14. The number of aromatic amines is 1. The molecule has 0 aliphatic carbocycles. The first-order chi connectivity index (χ1) is 14.6. The van der Waals surface area contributed by atoms with Crippen molar-refractivity contribution in [1.82, 2.24) is 15.2 Å². The van der Waals surface area contributed by atoms with Crippen LogP contribution in [0.3, 0.4) is 0 Å². The van der Waals surface area contributed by atoms with E-state index in [9.17, 15) is 0 Å². The maximum absolute atomic E-state index is 6.42. The van der Waals surface area contributed by atoms with Crippen LogP contribution in [0.25, 0.3) is 11.4 Å². The number of hydrogen-bond acceptors (Lipinski definition) is 7. The SMILES string of the molecule is CCOc1ccc([C@@H](N)c2nc(-c3ccc(OCC)c(OCC)c3)n[nH]2)cc1OC. The zero-order valence-electron chi connectivity index (χ0n) is 17.8. The Morgan fingerprint density at radius 3 is 2.17 bits per heavy atom. The second-order valence-electron chi connectivity index (χ2n) is 6.39. The highest BCUT2D eigenvalue weighted by atomic mass is 16.5. The van der Waals surface area contributed by atoms with Gasteiger partial charge in [-0.25, -0.2) is 4.98 Å². The highest BCUT2D eigenvalue weighted by Crippen LogP contribution is 2.33. The van der Waals surface area contributed by atoms with Gasteiger partial charge >= 0.3 is 0 Å². The summed E-state index contributed by atoms with van der Waals surface area (Å²) in [5, 5.41) is 7.27. The Hall–Kier alpha value is -3.26. The largest absolute Gasteiger partial charge is 0.493 e. The molecule has 0 aliphatic heterocycles. The summed E-state index contributed by atoms with van der Waals surface area (Å²) in [4.78, 5) is 4.59. The molecule has 0 fully saturated rings. The minimum absolute atomic E-state index is 0.495. The van der Waals surface area contributed by atoms with E-state index in [2.05, 4.69) is 15.2 Å². The standard InChI is InChI=1S/C22H28N4O4/c1-5-28-16-10-8-14(12-18(16)27-4)20(23)22-24-21(25-26-22)15-9-11-17(29-6-2)19(13-15)30-7-3/h8-13,20H,5-7,23H2,1-4H3,(H,24,25,26)/t20-/m1/s1. The first kappa shape index (κ1) is 21.4. The van der Waals surface area contributed by atoms with Crippen LogP contribution in [0, 0.1) is 0 Å². The smallest absolute Gasteiger partial charge is 0.181 e. The summed E-state index contributed by atoms with van der Waals surface area (Å²) in [5.41, 5.74) is 8.06. The van der Waals surface area contributed by atoms with Crippen LogP contribution in [0.5, 0.6) is 23.0 Å². The Balaban J connectivity index is 1.86. The third-order valence-electron chi connectivity index (χ3n) is 4.45. The van der Waals surface area contributed by atoms with Gasteiger partial charge in [-0.3, -0.25) is 5.10 Å². The molecule has 0 radical (unpaired) electrons. The maximum atomic E-state index is 6.42. The van der Waals surface area contributed by atoms with Crippen LogP contribution < -0.4 is 24.7 Å². The van der Waals surface area contributed by atoms with Crippen molar-refractivity contribution >= 4 is 0 Å². The molecule has 160 valence electrons. The summed E-state index contributed by atoms with van der Waals surface area (Å²) in [6.07, 6.45) is 0. The first-order valence-corrected chi connectivity index (χ1v) is 9.99. The van der Waals surface area contributed by atoms with Crippen molar-refractivity contribution in [2.75, 3.05) is 26.9 Å². The fourth-order valence-corrected chi connectivity index (χ4v) is 3.04. The minimum Gasteiger partial charge on any atom is -0.493 e. The molecular weight excluding hydrogens is 384 g/mol. The van der Waals surface area contributed by atoms with Crippen molar-refractivity contribution < 1.29 is 18.9 Å². The van der Waals surface area contributed by atoms with Crippen LogP contribution >= 0.6 is 0 Å². The molecule has 0 amide bonds. The molecule has 0 saturated heterocycles. The topological polar surface area (TPSA) is 105 Å². The average molecular weight is 412 g/mol. The van der Waals surface area contributed by atoms with Gasteiger partial charge in [0.2, 0.25) is 0 Å². The van der Waals surface area contributed by atoms with Gasteiger partial charge in [0.1, 0.15) is 5.82 Å². The molecule has 0 saturated carbocycles. The maximum Gasteiger partial charge on any atom is 0.181 e. The molecule has 1 atom stereocenters. The minimum atomic E-state index is -0.495. The Kier molecular flexibility index (Phi) is 7.13. The molecule has 0 bridgehead atoms. The molecule has 0 unspecified atom stereocenters. The van der Waals surface area contributed by atoms with E-state index in [0.29, 0.717) is 54.5 Å². The zero-order chi connectivity index (χ0) is 21.5. The van der Waals surface area contributed by atoms with Crippen LogP contribution in [0.2, 0.25) is 0 Å². The second kappa shape index (κ2) is 9.98. The summed E-state index contributed by atoms with van der Waals surface area (Å²) >= 11 is 0. The third kappa shape index (κ3) is 4.65. The Morgan fingerprint density at radius 2 is 1.50 bits per heavy atom. The summed E-state index contributed by atoms with van der Waals surface area (Å²) in [6, 6.07) is 10.7. The van der Waals surface area contributed by atoms with Crippen molar-refractivity contribution in [2.24, 2.45) is 5.73 Å². The Bertz CT molecular complexity index is 974. The Morgan fingerprint density at radius 1 is 0.867 bits per heavy atom. The van der Waals surface area contributed by atoms with Gasteiger partial charge in [-0.05, 0) is 56.7 Å². The van der Waals surface area contributed by atoms with Crippen LogP contribution in [0.4, 0.5) is 0 Å². The normalized spacial score (nSPS) is 11.8. The third-order valence-corrected chi connectivity index (χ3v) is 4.45. The number of benzene rings is 2. The molecule has 8 nitrogen and oxygen atoms in total. The second-order valence-corrected chi connectivity index (χ2v) is 6.39. The molecule has 0 aliphatic rings. The number of aromatic nitrogens is 3. The van der Waals surface area contributed by atoms with Gasteiger partial charge in [-0.2, -0.15) is 5.10 Å². The molecule has 3 aromatic rings. The lowest BCUT2D eigenvalue weighted by atomic mass is 10.1. The van der Waals surface area contributed by atoms with Gasteiger partial charge in [0, 0.05) is 5.56 Å². The van der Waals surface area contributed by atoms with Gasteiger partial charge in [0.05, 0.1) is 33.0 Å². The molecule has 3 N–H and O–H groups in total. The van der Waals surface area contributed by atoms with Gasteiger partial charge in [-0.15, -0.1) is 0 Å². The summed E-state index contributed by atoms with van der Waals surface area (Å²) in [7, 11) is 1.60. The number of H-pyrrole nitrogens is 1. The van der Waals surface area contributed by atoms with Crippen LogP contribution in [-0.4, -0.2) is 42.1 Å². The molecule has 8 heteroatoms. The van der Waals surface area contributed by atoms with Crippen molar-refractivity contribution in [2.45, 2.75) is 26.8 Å². The van der Waals surface area contributed by atoms with Crippen molar-refractivity contribution in [3.8, 4) is 34.4 Å². The molecule has 1 heterocycles. The quantitative estimate of drug-likeness (QED) is 0.523. The van der Waals surface area contributed by atoms with Crippen LogP contribution in [0.1, 0.15) is 38.2 Å². The van der Waals surface area contributed by atoms with E-state index >= 15 is 0 Å². The van der Waals surface area contributed by atoms with Crippen molar-refractivity contribution in [3.05, 3.63) is 47.8 Å². The highest BCUT2D eigenvalue weighted by Gasteiger charge is 2.18. The average Bonchev–Trinajstić information content (AvgIpc) is 3.25. The molecular formula is C22H28N4O4. The predicted molar refractivity (Wildman–Crippen MR) is 114 cm³/mol. The summed E-state index contributed by atoms with van der Waals surface area (Å²) in [6.45, 7) is 7.43. The number of rotatable bonds is 10. The number of nitrogens with two attached hydrogens (primary N) is 1. The highest BCUT2D eigenvalue weighted by molar-refractivity contribution is 5.61. The summed E-state index contributed by atoms with van der Waals surface area (Å²) in [5.74, 6) is 3.72. The molecule has 0 spiro atoms. The lowest BCUT2D eigenvalue weighted by Gasteiger charge is -2.14. The van der Waals surface area contributed by atoms with Gasteiger partial charge in [-0.1, -0.05) is 6.07 Å². The van der Waals surface area contributed by atoms with E-state index in [1.165, 1.54) is 0 Å². The fraction of sp³-hybridized carbons (Fsp3) is 0.364. The molecule has 2 aromatic carbocycles.